The topological polar surface area (TPSA) is 21.3 Å². The van der Waals surface area contributed by atoms with Crippen LogP contribution in [0, 0.1) is 10.8 Å². The summed E-state index contributed by atoms with van der Waals surface area (Å²) in [6.07, 6.45) is 0. The van der Waals surface area contributed by atoms with E-state index in [1.54, 1.807) is 0 Å². The van der Waals surface area contributed by atoms with Crippen molar-refractivity contribution in [3.63, 3.8) is 0 Å². The molecule has 2 fully saturated rings. The van der Waals surface area contributed by atoms with Gasteiger partial charge in [0, 0.05) is 23.9 Å². The zero-order valence-corrected chi connectivity index (χ0v) is 6.74. The van der Waals surface area contributed by atoms with Gasteiger partial charge >= 0.3 is 0 Å². The molecular formula is C8H15NO. The molecule has 2 heteroatoms. The van der Waals surface area contributed by atoms with E-state index in [-0.39, 0.29) is 0 Å². The van der Waals surface area contributed by atoms with E-state index in [1.165, 1.54) is 0 Å². The van der Waals surface area contributed by atoms with Crippen LogP contribution in [-0.2, 0) is 4.74 Å². The molecule has 0 aromatic rings. The zero-order chi connectivity index (χ0) is 7.24. The van der Waals surface area contributed by atoms with E-state index >= 15 is 0 Å². The van der Waals surface area contributed by atoms with Crippen molar-refractivity contribution >= 4 is 0 Å². The number of hydrogen-bond donors (Lipinski definition) is 1. The summed E-state index contributed by atoms with van der Waals surface area (Å²) in [4.78, 5) is 0. The van der Waals surface area contributed by atoms with Crippen molar-refractivity contribution in [3.8, 4) is 0 Å². The molecule has 2 saturated heterocycles. The van der Waals surface area contributed by atoms with E-state index < -0.39 is 0 Å². The lowest BCUT2D eigenvalue weighted by molar-refractivity contribution is 0.155. The Morgan fingerprint density at radius 1 is 1.10 bits per heavy atom. The molecule has 0 saturated carbocycles. The van der Waals surface area contributed by atoms with Gasteiger partial charge in [-0.3, -0.25) is 0 Å². The SMILES string of the molecule is C[C@@]12CNC[C@]1(C)COC2. The predicted octanol–water partition coefficient (Wildman–Crippen LogP) is 0.632. The lowest BCUT2D eigenvalue weighted by Crippen LogP contribution is -2.34. The molecule has 0 aliphatic carbocycles. The Bertz CT molecular complexity index is 129. The molecule has 2 aliphatic rings. The molecule has 2 aliphatic heterocycles. The summed E-state index contributed by atoms with van der Waals surface area (Å²) in [5.41, 5.74) is 0.819. The van der Waals surface area contributed by atoms with Crippen LogP contribution in [-0.4, -0.2) is 26.3 Å². The van der Waals surface area contributed by atoms with Crippen LogP contribution in [0.15, 0.2) is 0 Å². The van der Waals surface area contributed by atoms with E-state index in [0.29, 0.717) is 10.8 Å². The molecule has 2 heterocycles. The molecule has 58 valence electrons. The number of hydrogen-bond acceptors (Lipinski definition) is 2. The van der Waals surface area contributed by atoms with Gasteiger partial charge in [-0.2, -0.15) is 0 Å². The van der Waals surface area contributed by atoms with Crippen LogP contribution in [0.5, 0.6) is 0 Å². The molecule has 0 amide bonds. The molecular weight excluding hydrogens is 126 g/mol. The monoisotopic (exact) mass is 141 g/mol. The molecule has 2 atom stereocenters. The highest BCUT2D eigenvalue weighted by Gasteiger charge is 2.52. The maximum atomic E-state index is 5.48. The third-order valence-electron chi connectivity index (χ3n) is 3.33. The predicted molar refractivity (Wildman–Crippen MR) is 39.9 cm³/mol. The summed E-state index contributed by atoms with van der Waals surface area (Å²) in [5.74, 6) is 0. The van der Waals surface area contributed by atoms with Crippen molar-refractivity contribution in [1.82, 2.24) is 5.32 Å². The Morgan fingerprint density at radius 2 is 1.60 bits per heavy atom. The quantitative estimate of drug-likeness (QED) is 0.534. The molecule has 2 rings (SSSR count). The fourth-order valence-electron chi connectivity index (χ4n) is 1.99. The first-order valence-electron chi connectivity index (χ1n) is 3.95. The van der Waals surface area contributed by atoms with Crippen LogP contribution in [0.4, 0.5) is 0 Å². The Balaban J connectivity index is 2.30. The summed E-state index contributed by atoms with van der Waals surface area (Å²) in [6.45, 7) is 8.78. The van der Waals surface area contributed by atoms with Gasteiger partial charge in [0.2, 0.25) is 0 Å². The number of nitrogens with one attached hydrogen (secondary N) is 1. The van der Waals surface area contributed by atoms with Crippen LogP contribution in [0.2, 0.25) is 0 Å². The second-order valence-corrected chi connectivity index (χ2v) is 4.22. The van der Waals surface area contributed by atoms with Crippen molar-refractivity contribution in [2.75, 3.05) is 26.3 Å². The van der Waals surface area contributed by atoms with Crippen LogP contribution in [0.3, 0.4) is 0 Å². The molecule has 0 unspecified atom stereocenters. The zero-order valence-electron chi connectivity index (χ0n) is 6.74. The van der Waals surface area contributed by atoms with Crippen molar-refractivity contribution in [3.05, 3.63) is 0 Å². The van der Waals surface area contributed by atoms with Gasteiger partial charge in [0.25, 0.3) is 0 Å². The Morgan fingerprint density at radius 3 is 2.10 bits per heavy atom. The van der Waals surface area contributed by atoms with Gasteiger partial charge in [0.05, 0.1) is 13.2 Å². The van der Waals surface area contributed by atoms with E-state index in [4.69, 9.17) is 4.74 Å². The lowest BCUT2D eigenvalue weighted by atomic mass is 9.71. The third kappa shape index (κ3) is 0.611. The largest absolute Gasteiger partial charge is 0.380 e. The minimum atomic E-state index is 0.410. The van der Waals surface area contributed by atoms with Crippen LogP contribution in [0.25, 0.3) is 0 Å². The maximum Gasteiger partial charge on any atom is 0.0538 e. The molecule has 0 radical (unpaired) electrons. The van der Waals surface area contributed by atoms with Crippen molar-refractivity contribution in [2.24, 2.45) is 10.8 Å². The van der Waals surface area contributed by atoms with Crippen molar-refractivity contribution in [2.45, 2.75) is 13.8 Å². The smallest absolute Gasteiger partial charge is 0.0538 e. The summed E-state index contributed by atoms with van der Waals surface area (Å²) < 4.78 is 5.48. The van der Waals surface area contributed by atoms with Crippen LogP contribution < -0.4 is 5.32 Å². The average Bonchev–Trinajstić information content (AvgIpc) is 2.20. The van der Waals surface area contributed by atoms with Crippen LogP contribution in [0.1, 0.15) is 13.8 Å². The first-order valence-corrected chi connectivity index (χ1v) is 3.95. The van der Waals surface area contributed by atoms with Crippen molar-refractivity contribution in [1.29, 1.82) is 0 Å². The summed E-state index contributed by atoms with van der Waals surface area (Å²) >= 11 is 0. The summed E-state index contributed by atoms with van der Waals surface area (Å²) in [6, 6.07) is 0. The first-order chi connectivity index (χ1) is 4.66. The Hall–Kier alpha value is -0.0800. The van der Waals surface area contributed by atoms with Crippen molar-refractivity contribution < 1.29 is 4.74 Å². The van der Waals surface area contributed by atoms with E-state index in [1.807, 2.05) is 0 Å². The molecule has 10 heavy (non-hydrogen) atoms. The van der Waals surface area contributed by atoms with Gasteiger partial charge in [0.1, 0.15) is 0 Å². The van der Waals surface area contributed by atoms with Crippen LogP contribution >= 0.6 is 0 Å². The highest BCUT2D eigenvalue weighted by Crippen LogP contribution is 2.46. The molecule has 2 nitrogen and oxygen atoms in total. The average molecular weight is 141 g/mol. The molecule has 0 bridgehead atoms. The number of fused-ring (bicyclic) bond motifs is 1. The molecule has 0 aromatic heterocycles. The fraction of sp³-hybridized carbons (Fsp3) is 1.00. The fourth-order valence-corrected chi connectivity index (χ4v) is 1.99. The Labute approximate surface area is 61.9 Å². The first kappa shape index (κ1) is 6.62. The van der Waals surface area contributed by atoms with E-state index in [9.17, 15) is 0 Å². The summed E-state index contributed by atoms with van der Waals surface area (Å²) in [5, 5.41) is 3.43. The van der Waals surface area contributed by atoms with Gasteiger partial charge in [-0.05, 0) is 0 Å². The normalized spacial score (nSPS) is 53.4. The second kappa shape index (κ2) is 1.74. The molecule has 0 spiro atoms. The second-order valence-electron chi connectivity index (χ2n) is 4.22. The highest BCUT2D eigenvalue weighted by molar-refractivity contribution is 5.03. The minimum absolute atomic E-state index is 0.410. The highest BCUT2D eigenvalue weighted by atomic mass is 16.5. The van der Waals surface area contributed by atoms with E-state index in [2.05, 4.69) is 19.2 Å². The van der Waals surface area contributed by atoms with Gasteiger partial charge in [-0.15, -0.1) is 0 Å². The standard InChI is InChI=1S/C8H15NO/c1-7-3-9-4-8(7,2)6-10-5-7/h9H,3-6H2,1-2H3/t7-,8+. The van der Waals surface area contributed by atoms with Gasteiger partial charge in [-0.1, -0.05) is 13.8 Å². The minimum Gasteiger partial charge on any atom is -0.380 e. The van der Waals surface area contributed by atoms with Gasteiger partial charge < -0.3 is 10.1 Å². The summed E-state index contributed by atoms with van der Waals surface area (Å²) in [7, 11) is 0. The molecule has 1 N–H and O–H groups in total. The Kier molecular flexibility index (Phi) is 1.15. The van der Waals surface area contributed by atoms with E-state index in [0.717, 1.165) is 26.3 Å². The number of rotatable bonds is 0. The molecule has 0 aromatic carbocycles. The lowest BCUT2D eigenvalue weighted by Gasteiger charge is -2.29. The van der Waals surface area contributed by atoms with Gasteiger partial charge in [-0.25, -0.2) is 0 Å². The van der Waals surface area contributed by atoms with Gasteiger partial charge in [0.15, 0.2) is 0 Å². The third-order valence-corrected chi connectivity index (χ3v) is 3.33. The maximum absolute atomic E-state index is 5.48. The number of ether oxygens (including phenoxy) is 1.